The van der Waals surface area contributed by atoms with Crippen molar-refractivity contribution in [3.05, 3.63) is 11.7 Å². The molecule has 0 radical (unpaired) electrons. The number of nitrogens with zero attached hydrogens (tertiary/aromatic N) is 2. The van der Waals surface area contributed by atoms with Gasteiger partial charge in [-0.25, -0.2) is 0 Å². The molecule has 3 atom stereocenters. The number of hydrogen-bond acceptors (Lipinski definition) is 5. The van der Waals surface area contributed by atoms with Crippen LogP contribution in [0.1, 0.15) is 70.2 Å². The molecule has 0 amide bonds. The highest BCUT2D eigenvalue weighted by Crippen LogP contribution is 2.69. The van der Waals surface area contributed by atoms with Gasteiger partial charge in [0.2, 0.25) is 0 Å². The van der Waals surface area contributed by atoms with E-state index < -0.39 is 6.10 Å². The minimum Gasteiger partial charge on any atom is -0.382 e. The normalized spacial score (nSPS) is 46.0. The lowest BCUT2D eigenvalue weighted by atomic mass is 9.40. The molecule has 1 heterocycles. The molecule has 116 valence electrons. The summed E-state index contributed by atoms with van der Waals surface area (Å²) in [7, 11) is 0. The zero-order valence-corrected chi connectivity index (χ0v) is 12.9. The van der Waals surface area contributed by atoms with Crippen molar-refractivity contribution in [1.82, 2.24) is 10.1 Å². The summed E-state index contributed by atoms with van der Waals surface area (Å²) in [6, 6.07) is 0. The quantitative estimate of drug-likeness (QED) is 0.892. The van der Waals surface area contributed by atoms with E-state index >= 15 is 0 Å². The standard InChI is InChI=1S/C16H25N3O2/c1-14-3-10-4-15(2,7-14)9-16(5-10,8-14)13-18-12(21-19-13)11(20)6-17/h10-11,20H,3-9,17H2,1-2H3. The largest absolute Gasteiger partial charge is 0.382 e. The van der Waals surface area contributed by atoms with Crippen molar-refractivity contribution in [2.75, 3.05) is 6.54 Å². The van der Waals surface area contributed by atoms with Crippen LogP contribution in [0, 0.1) is 16.7 Å². The molecule has 4 aliphatic rings. The van der Waals surface area contributed by atoms with Crippen LogP contribution < -0.4 is 5.73 Å². The topological polar surface area (TPSA) is 85.2 Å². The van der Waals surface area contributed by atoms with Crippen molar-refractivity contribution in [3.63, 3.8) is 0 Å². The highest BCUT2D eigenvalue weighted by molar-refractivity contribution is 5.21. The molecule has 3 N–H and O–H groups in total. The summed E-state index contributed by atoms with van der Waals surface area (Å²) in [6.45, 7) is 4.98. The number of aromatic nitrogens is 2. The summed E-state index contributed by atoms with van der Waals surface area (Å²) in [5.74, 6) is 1.88. The Morgan fingerprint density at radius 3 is 2.48 bits per heavy atom. The van der Waals surface area contributed by atoms with Crippen LogP contribution in [0.3, 0.4) is 0 Å². The first-order chi connectivity index (χ1) is 9.85. The lowest BCUT2D eigenvalue weighted by molar-refractivity contribution is -0.113. The second-order valence-electron chi connectivity index (χ2n) is 8.62. The van der Waals surface area contributed by atoms with Crippen LogP contribution in [-0.2, 0) is 5.41 Å². The fraction of sp³-hybridized carbons (Fsp3) is 0.875. The molecule has 5 heteroatoms. The molecule has 4 bridgehead atoms. The molecule has 5 rings (SSSR count). The summed E-state index contributed by atoms with van der Waals surface area (Å²) >= 11 is 0. The first kappa shape index (κ1) is 13.7. The Morgan fingerprint density at radius 2 is 1.90 bits per heavy atom. The Labute approximate surface area is 125 Å². The van der Waals surface area contributed by atoms with Gasteiger partial charge in [0.15, 0.2) is 5.82 Å². The molecule has 5 nitrogen and oxygen atoms in total. The molecular formula is C16H25N3O2. The maximum atomic E-state index is 9.80. The van der Waals surface area contributed by atoms with Gasteiger partial charge in [-0.05, 0) is 55.3 Å². The molecule has 0 spiro atoms. The number of nitrogens with two attached hydrogens (primary N) is 1. The zero-order chi connectivity index (χ0) is 14.9. The van der Waals surface area contributed by atoms with Gasteiger partial charge in [-0.1, -0.05) is 19.0 Å². The first-order valence-electron chi connectivity index (χ1n) is 8.08. The molecule has 0 aromatic carbocycles. The summed E-state index contributed by atoms with van der Waals surface area (Å²) in [5.41, 5.74) is 6.37. The Bertz CT molecular complexity index is 552. The van der Waals surface area contributed by atoms with Gasteiger partial charge >= 0.3 is 0 Å². The number of aliphatic hydroxyl groups is 1. The minimum absolute atomic E-state index is 0.0545. The van der Waals surface area contributed by atoms with E-state index in [-0.39, 0.29) is 17.9 Å². The van der Waals surface area contributed by atoms with Gasteiger partial charge in [-0.3, -0.25) is 0 Å². The van der Waals surface area contributed by atoms with E-state index in [1.54, 1.807) is 0 Å². The van der Waals surface area contributed by atoms with Crippen LogP contribution in [0.4, 0.5) is 0 Å². The average Bonchev–Trinajstić information content (AvgIpc) is 2.83. The van der Waals surface area contributed by atoms with Gasteiger partial charge in [0.25, 0.3) is 5.89 Å². The lowest BCUT2D eigenvalue weighted by Crippen LogP contribution is -2.57. The van der Waals surface area contributed by atoms with Gasteiger partial charge in [-0.2, -0.15) is 4.98 Å². The lowest BCUT2D eigenvalue weighted by Gasteiger charge is -2.64. The number of hydrogen-bond donors (Lipinski definition) is 2. The predicted octanol–water partition coefficient (Wildman–Crippen LogP) is 2.31. The molecule has 4 fully saturated rings. The Morgan fingerprint density at radius 1 is 1.24 bits per heavy atom. The van der Waals surface area contributed by atoms with Crippen LogP contribution in [0.25, 0.3) is 0 Å². The minimum atomic E-state index is -0.841. The van der Waals surface area contributed by atoms with Gasteiger partial charge in [0.05, 0.1) is 0 Å². The van der Waals surface area contributed by atoms with Gasteiger partial charge in [0, 0.05) is 12.0 Å². The van der Waals surface area contributed by atoms with E-state index in [0.717, 1.165) is 24.6 Å². The molecule has 21 heavy (non-hydrogen) atoms. The van der Waals surface area contributed by atoms with E-state index in [0.29, 0.717) is 10.8 Å². The van der Waals surface area contributed by atoms with E-state index in [2.05, 4.69) is 24.0 Å². The summed E-state index contributed by atoms with van der Waals surface area (Å²) in [6.07, 6.45) is 6.67. The fourth-order valence-electron chi connectivity index (χ4n) is 6.38. The molecule has 4 saturated carbocycles. The zero-order valence-electron chi connectivity index (χ0n) is 12.9. The Balaban J connectivity index is 1.72. The van der Waals surface area contributed by atoms with Crippen molar-refractivity contribution in [2.24, 2.45) is 22.5 Å². The predicted molar refractivity (Wildman–Crippen MR) is 77.4 cm³/mol. The third-order valence-corrected chi connectivity index (χ3v) is 6.05. The highest BCUT2D eigenvalue weighted by Gasteiger charge is 2.62. The van der Waals surface area contributed by atoms with Gasteiger partial charge in [0.1, 0.15) is 6.10 Å². The number of rotatable bonds is 3. The molecule has 4 aliphatic carbocycles. The third kappa shape index (κ3) is 1.97. The van der Waals surface area contributed by atoms with Crippen molar-refractivity contribution in [1.29, 1.82) is 0 Å². The molecule has 0 saturated heterocycles. The van der Waals surface area contributed by atoms with Crippen molar-refractivity contribution in [2.45, 2.75) is 63.9 Å². The monoisotopic (exact) mass is 291 g/mol. The second kappa shape index (κ2) is 4.07. The van der Waals surface area contributed by atoms with Crippen molar-refractivity contribution >= 4 is 0 Å². The van der Waals surface area contributed by atoms with Crippen molar-refractivity contribution in [3.8, 4) is 0 Å². The summed E-state index contributed by atoms with van der Waals surface area (Å²) in [5, 5.41) is 14.0. The molecule has 3 unspecified atom stereocenters. The molecule has 1 aromatic rings. The van der Waals surface area contributed by atoms with Crippen molar-refractivity contribution < 1.29 is 9.63 Å². The van der Waals surface area contributed by atoms with Crippen LogP contribution in [0.2, 0.25) is 0 Å². The Kier molecular flexibility index (Phi) is 2.66. The van der Waals surface area contributed by atoms with Crippen LogP contribution >= 0.6 is 0 Å². The van der Waals surface area contributed by atoms with E-state index in [9.17, 15) is 5.11 Å². The average molecular weight is 291 g/mol. The SMILES string of the molecule is CC12CC3CC(C)(C1)CC(c1noc(C(O)CN)n1)(C3)C2. The van der Waals surface area contributed by atoms with Gasteiger partial charge in [-0.15, -0.1) is 0 Å². The summed E-state index contributed by atoms with van der Waals surface area (Å²) in [4.78, 5) is 4.53. The Hall–Kier alpha value is -0.940. The highest BCUT2D eigenvalue weighted by atomic mass is 16.5. The fourth-order valence-corrected chi connectivity index (χ4v) is 6.38. The molecule has 0 aliphatic heterocycles. The van der Waals surface area contributed by atoms with E-state index in [1.165, 1.54) is 25.7 Å². The van der Waals surface area contributed by atoms with E-state index in [4.69, 9.17) is 10.3 Å². The van der Waals surface area contributed by atoms with Gasteiger partial charge < -0.3 is 15.4 Å². The van der Waals surface area contributed by atoms with E-state index in [1.807, 2.05) is 0 Å². The maximum Gasteiger partial charge on any atom is 0.256 e. The smallest absolute Gasteiger partial charge is 0.256 e. The van der Waals surface area contributed by atoms with Crippen LogP contribution in [0.5, 0.6) is 0 Å². The first-order valence-corrected chi connectivity index (χ1v) is 8.08. The van der Waals surface area contributed by atoms with Crippen LogP contribution in [0.15, 0.2) is 4.52 Å². The maximum absolute atomic E-state index is 9.80. The molecular weight excluding hydrogens is 266 g/mol. The second-order valence-corrected chi connectivity index (χ2v) is 8.62. The third-order valence-electron chi connectivity index (χ3n) is 6.05. The van der Waals surface area contributed by atoms with Crippen LogP contribution in [-0.4, -0.2) is 21.8 Å². The molecule has 1 aromatic heterocycles. The summed E-state index contributed by atoms with van der Waals surface area (Å²) < 4.78 is 5.28. The number of aliphatic hydroxyl groups excluding tert-OH is 1.